The summed E-state index contributed by atoms with van der Waals surface area (Å²) in [6.45, 7) is 0.0175. The van der Waals surface area contributed by atoms with E-state index in [2.05, 4.69) is 31.5 Å². The summed E-state index contributed by atoms with van der Waals surface area (Å²) < 4.78 is 41.3. The molecule has 1 aromatic heterocycles. The Bertz CT molecular complexity index is 1800. The third-order valence-corrected chi connectivity index (χ3v) is 8.82. The van der Waals surface area contributed by atoms with Gasteiger partial charge in [-0.15, -0.1) is 10.2 Å². The van der Waals surface area contributed by atoms with Gasteiger partial charge >= 0.3 is 12.1 Å². The quantitative estimate of drug-likeness (QED) is 0.238. The Kier molecular flexibility index (Phi) is 11.9. The second-order valence-electron chi connectivity index (χ2n) is 12.6. The fourth-order valence-electron chi connectivity index (χ4n) is 6.19. The molecule has 5 N–H and O–H groups in total. The molecule has 15 nitrogen and oxygen atoms in total. The van der Waals surface area contributed by atoms with Gasteiger partial charge < -0.3 is 31.3 Å². The number of carbonyl (C=O) groups is 6. The number of carboxylic acid groups (broad SMARTS) is 1. The summed E-state index contributed by atoms with van der Waals surface area (Å²) >= 11 is 0. The molecule has 2 aliphatic rings. The normalized spacial score (nSPS) is 21.9. The molecule has 276 valence electrons. The van der Waals surface area contributed by atoms with E-state index in [1.165, 1.54) is 29.7 Å². The van der Waals surface area contributed by atoms with Crippen LogP contribution in [0.4, 0.5) is 13.2 Å². The minimum Gasteiger partial charge on any atom is -0.480 e. The highest BCUT2D eigenvalue weighted by Gasteiger charge is 2.43. The number of amides is 5. The zero-order valence-electron chi connectivity index (χ0n) is 27.8. The maximum Gasteiger partial charge on any atom is 0.416 e. The molecule has 0 saturated carbocycles. The number of alkyl halides is 3. The van der Waals surface area contributed by atoms with Gasteiger partial charge in [0, 0.05) is 36.8 Å². The average Bonchev–Trinajstić information content (AvgIpc) is 3.79. The van der Waals surface area contributed by atoms with Gasteiger partial charge in [0.15, 0.2) is 0 Å². The Morgan fingerprint density at radius 3 is 2.44 bits per heavy atom. The fourth-order valence-corrected chi connectivity index (χ4v) is 6.19. The highest BCUT2D eigenvalue weighted by Crippen LogP contribution is 2.30. The monoisotopic (exact) mass is 726 g/mol. The molecule has 2 aliphatic heterocycles. The molecule has 0 bridgehead atoms. The van der Waals surface area contributed by atoms with Crippen LogP contribution >= 0.6 is 0 Å². The average molecular weight is 727 g/mol. The van der Waals surface area contributed by atoms with Crippen molar-refractivity contribution < 1.29 is 47.0 Å². The molecule has 0 spiro atoms. The second kappa shape index (κ2) is 16.5. The third-order valence-electron chi connectivity index (χ3n) is 8.82. The number of hydrogen-bond acceptors (Lipinski definition) is 8. The van der Waals surface area contributed by atoms with Crippen molar-refractivity contribution in [3.63, 3.8) is 0 Å². The number of benzene rings is 2. The lowest BCUT2D eigenvalue weighted by Gasteiger charge is -2.29. The minimum atomic E-state index is -4.61. The molecule has 4 atom stereocenters. The number of carboxylic acids is 1. The van der Waals surface area contributed by atoms with Gasteiger partial charge in [-0.1, -0.05) is 24.3 Å². The summed E-state index contributed by atoms with van der Waals surface area (Å²) in [5, 5.41) is 27.8. The fraction of sp³-hybridized carbons (Fsp3) is 0.412. The van der Waals surface area contributed by atoms with Crippen LogP contribution < -0.4 is 21.3 Å². The molecule has 52 heavy (non-hydrogen) atoms. The van der Waals surface area contributed by atoms with Gasteiger partial charge in [0.05, 0.1) is 12.0 Å². The standard InChI is InChI=1S/C34H37F3N8O7/c35-34(36,37)22-7-3-5-20(13-22)14-29(47)41-23-16-27-31(49)43-26(33(51)52)10-11-28(46)38-12-2-1-9-25(32(50)45(27)17-23)42-30(48)21-6-4-8-24(15-21)44-18-39-40-19-44/h3-8,13,15,18-19,23,25-27H,1-2,9-12,14,16-17H2,(H,38,46)(H,41,47)(H,42,48)(H,43,49)(H,51,52)/t23-,25+,26+,27+/m1/s1. The summed E-state index contributed by atoms with van der Waals surface area (Å²) in [5.74, 6) is -4.59. The summed E-state index contributed by atoms with van der Waals surface area (Å²) in [5.41, 5.74) is -0.0361. The first-order chi connectivity index (χ1) is 24.8. The zero-order chi connectivity index (χ0) is 37.4. The predicted octanol–water partition coefficient (Wildman–Crippen LogP) is 1.36. The molecule has 2 saturated heterocycles. The number of nitrogens with one attached hydrogen (secondary N) is 4. The van der Waals surface area contributed by atoms with Crippen molar-refractivity contribution in [2.75, 3.05) is 13.1 Å². The number of fused-ring (bicyclic) bond motifs is 1. The van der Waals surface area contributed by atoms with E-state index in [9.17, 15) is 47.0 Å². The SMILES string of the molecule is O=C1CC[C@@H](C(=O)O)NC(=O)[C@@H]2C[C@@H](NC(=O)Cc3cccc(C(F)(F)F)c3)CN2C(=O)[C@@H](NC(=O)c2cccc(-n3cnnc3)c2)CCCCN1. The van der Waals surface area contributed by atoms with Crippen molar-refractivity contribution in [3.05, 3.63) is 77.9 Å². The maximum absolute atomic E-state index is 14.3. The Morgan fingerprint density at radius 2 is 1.71 bits per heavy atom. The molecule has 5 amide bonds. The lowest BCUT2D eigenvalue weighted by Crippen LogP contribution is -2.55. The van der Waals surface area contributed by atoms with Gasteiger partial charge in [-0.25, -0.2) is 4.79 Å². The van der Waals surface area contributed by atoms with E-state index < -0.39 is 77.8 Å². The van der Waals surface area contributed by atoms with Crippen molar-refractivity contribution in [1.29, 1.82) is 0 Å². The molecular weight excluding hydrogens is 689 g/mol. The first-order valence-corrected chi connectivity index (χ1v) is 16.6. The smallest absolute Gasteiger partial charge is 0.416 e. The van der Waals surface area contributed by atoms with Gasteiger partial charge in [-0.2, -0.15) is 13.2 Å². The largest absolute Gasteiger partial charge is 0.480 e. The van der Waals surface area contributed by atoms with E-state index in [4.69, 9.17) is 0 Å². The van der Waals surface area contributed by atoms with Crippen molar-refractivity contribution in [3.8, 4) is 5.69 Å². The van der Waals surface area contributed by atoms with Crippen molar-refractivity contribution >= 4 is 35.5 Å². The van der Waals surface area contributed by atoms with Crippen LogP contribution in [0.25, 0.3) is 5.69 Å². The summed E-state index contributed by atoms with van der Waals surface area (Å²) in [4.78, 5) is 80.0. The zero-order valence-corrected chi connectivity index (χ0v) is 27.8. The molecule has 2 fully saturated rings. The van der Waals surface area contributed by atoms with E-state index in [-0.39, 0.29) is 49.9 Å². The Hall–Kier alpha value is -5.81. The van der Waals surface area contributed by atoms with Gasteiger partial charge in [0.25, 0.3) is 5.91 Å². The lowest BCUT2D eigenvalue weighted by atomic mass is 10.1. The first-order valence-electron chi connectivity index (χ1n) is 16.6. The van der Waals surface area contributed by atoms with Gasteiger partial charge in [0.1, 0.15) is 30.8 Å². The van der Waals surface area contributed by atoms with Crippen LogP contribution in [0.3, 0.4) is 0 Å². The lowest BCUT2D eigenvalue weighted by molar-refractivity contribution is -0.144. The van der Waals surface area contributed by atoms with E-state index >= 15 is 0 Å². The number of halogens is 3. The first kappa shape index (κ1) is 37.4. The van der Waals surface area contributed by atoms with Crippen LogP contribution in [0.2, 0.25) is 0 Å². The number of aromatic nitrogens is 3. The molecule has 0 radical (unpaired) electrons. The van der Waals surface area contributed by atoms with E-state index in [0.717, 1.165) is 12.1 Å². The third kappa shape index (κ3) is 9.70. The summed E-state index contributed by atoms with van der Waals surface area (Å²) in [7, 11) is 0. The Morgan fingerprint density at radius 1 is 0.962 bits per heavy atom. The van der Waals surface area contributed by atoms with Crippen LogP contribution in [0.1, 0.15) is 60.0 Å². The van der Waals surface area contributed by atoms with E-state index in [1.54, 1.807) is 28.8 Å². The number of nitrogens with zero attached hydrogens (tertiary/aromatic N) is 4. The molecule has 3 aromatic rings. The Labute approximate surface area is 295 Å². The van der Waals surface area contributed by atoms with Gasteiger partial charge in [-0.3, -0.25) is 28.5 Å². The van der Waals surface area contributed by atoms with Crippen LogP contribution in [-0.2, 0) is 36.6 Å². The number of rotatable bonds is 7. The van der Waals surface area contributed by atoms with Gasteiger partial charge in [0.2, 0.25) is 23.6 Å². The Balaban J connectivity index is 1.38. The molecule has 0 aliphatic carbocycles. The molecule has 0 unspecified atom stereocenters. The van der Waals surface area contributed by atoms with Crippen molar-refractivity contribution in [2.24, 2.45) is 0 Å². The number of carbonyl (C=O) groups excluding carboxylic acids is 5. The molecular formula is C34H37F3N8O7. The van der Waals surface area contributed by atoms with Crippen LogP contribution in [0, 0.1) is 0 Å². The molecule has 5 rings (SSSR count). The summed E-state index contributed by atoms with van der Waals surface area (Å²) in [6.07, 6.45) is -1.79. The minimum absolute atomic E-state index is 0.0958. The van der Waals surface area contributed by atoms with E-state index in [0.29, 0.717) is 18.5 Å². The van der Waals surface area contributed by atoms with Crippen LogP contribution in [-0.4, -0.2) is 97.5 Å². The highest BCUT2D eigenvalue weighted by atomic mass is 19.4. The van der Waals surface area contributed by atoms with Crippen molar-refractivity contribution in [2.45, 2.75) is 75.3 Å². The number of aliphatic carboxylic acids is 1. The second-order valence-corrected chi connectivity index (χ2v) is 12.6. The van der Waals surface area contributed by atoms with Crippen LogP contribution in [0.5, 0.6) is 0 Å². The van der Waals surface area contributed by atoms with Gasteiger partial charge in [-0.05, 0) is 61.9 Å². The predicted molar refractivity (Wildman–Crippen MR) is 175 cm³/mol. The van der Waals surface area contributed by atoms with Crippen LogP contribution in [0.15, 0.2) is 61.2 Å². The summed E-state index contributed by atoms with van der Waals surface area (Å²) in [6, 6.07) is 6.00. The van der Waals surface area contributed by atoms with E-state index in [1.807, 2.05) is 0 Å². The van der Waals surface area contributed by atoms with Crippen molar-refractivity contribution in [1.82, 2.24) is 40.9 Å². The molecule has 3 heterocycles. The molecule has 18 heteroatoms. The highest BCUT2D eigenvalue weighted by molar-refractivity contribution is 5.99. The maximum atomic E-state index is 14.3. The molecule has 2 aromatic carbocycles. The topological polar surface area (TPSA) is 205 Å². The number of hydrogen-bond donors (Lipinski definition) is 5.